The number of hydrogen-bond acceptors (Lipinski definition) is 5. The van der Waals surface area contributed by atoms with E-state index in [0.717, 1.165) is 35.3 Å². The van der Waals surface area contributed by atoms with Gasteiger partial charge in [0.1, 0.15) is 5.82 Å². The largest absolute Gasteiger partial charge is 0.372 e. The van der Waals surface area contributed by atoms with Gasteiger partial charge in [0.2, 0.25) is 0 Å². The molecule has 1 aliphatic rings. The van der Waals surface area contributed by atoms with Crippen LogP contribution in [0.15, 0.2) is 59.8 Å². The molecule has 1 fully saturated rings. The van der Waals surface area contributed by atoms with Crippen LogP contribution in [0.1, 0.15) is 19.4 Å². The molecular weight excluding hydrogens is 475 g/mol. The van der Waals surface area contributed by atoms with Crippen molar-refractivity contribution < 1.29 is 9.13 Å². The maximum Gasteiger partial charge on any atom is 0.251 e. The van der Waals surface area contributed by atoms with E-state index in [-0.39, 0.29) is 29.3 Å². The molecule has 176 valence electrons. The van der Waals surface area contributed by atoms with Gasteiger partial charge in [0.15, 0.2) is 5.65 Å². The van der Waals surface area contributed by atoms with Crippen molar-refractivity contribution in [2.45, 2.75) is 32.6 Å². The van der Waals surface area contributed by atoms with Gasteiger partial charge in [0.05, 0.1) is 35.7 Å². The minimum absolute atomic E-state index is 0.0381. The van der Waals surface area contributed by atoms with Gasteiger partial charge in [-0.2, -0.15) is 0 Å². The number of nitrogens with zero attached hydrogens (tertiary/aromatic N) is 4. The third kappa shape index (κ3) is 4.33. The zero-order valence-corrected chi connectivity index (χ0v) is 20.4. The van der Waals surface area contributed by atoms with Crippen LogP contribution in [0, 0.1) is 5.82 Å². The molecule has 0 amide bonds. The van der Waals surface area contributed by atoms with Gasteiger partial charge in [-0.3, -0.25) is 8.77 Å². The molecule has 34 heavy (non-hydrogen) atoms. The Morgan fingerprint density at radius 2 is 1.97 bits per heavy atom. The van der Waals surface area contributed by atoms with E-state index in [9.17, 15) is 9.18 Å². The lowest BCUT2D eigenvalue weighted by atomic mass is 10.1. The maximum absolute atomic E-state index is 14.3. The van der Waals surface area contributed by atoms with Crippen molar-refractivity contribution in [3.05, 3.63) is 81.7 Å². The molecule has 1 saturated heterocycles. The normalized spacial score (nSPS) is 18.6. The van der Waals surface area contributed by atoms with E-state index in [1.807, 2.05) is 18.5 Å². The van der Waals surface area contributed by atoms with E-state index in [2.05, 4.69) is 42.6 Å². The average molecular weight is 499 g/mol. The van der Waals surface area contributed by atoms with Gasteiger partial charge in [-0.1, -0.05) is 36.5 Å². The Hall–Kier alpha value is -2.81. The fourth-order valence-corrected chi connectivity index (χ4v) is 5.00. The molecule has 4 heterocycles. The fraction of sp³-hybridized carbons (Fsp3) is 0.280. The van der Waals surface area contributed by atoms with Crippen molar-refractivity contribution in [2.75, 3.05) is 18.0 Å². The lowest BCUT2D eigenvalue weighted by molar-refractivity contribution is -0.00522. The van der Waals surface area contributed by atoms with Crippen molar-refractivity contribution in [2.24, 2.45) is 0 Å². The Bertz CT molecular complexity index is 1430. The summed E-state index contributed by atoms with van der Waals surface area (Å²) in [6, 6.07) is 10.3. The van der Waals surface area contributed by atoms with E-state index >= 15 is 0 Å². The molecule has 9 heteroatoms. The van der Waals surface area contributed by atoms with Crippen molar-refractivity contribution in [3.8, 4) is 11.1 Å². The molecule has 0 bridgehead atoms. The Morgan fingerprint density at radius 3 is 2.71 bits per heavy atom. The lowest BCUT2D eigenvalue weighted by Gasteiger charge is -2.36. The second kappa shape index (κ2) is 9.09. The number of morpholine rings is 1. The number of ether oxygens (including phenoxy) is 1. The standard InChI is InChI=1S/C25H24ClFN4O2S/c1-15-11-30(12-16(2)33-15)19-9-20-21(14-31(34)25(20)28-10-19)17-6-7-29(23(32)8-17)13-18-4-3-5-22(26)24(18)27/h3-10,14-16,34H,11-13H2,1-2H3/t15-,16?/m1/s1. The molecule has 0 saturated carbocycles. The van der Waals surface area contributed by atoms with Gasteiger partial charge in [-0.05, 0) is 37.6 Å². The molecular formula is C25H24ClFN4O2S. The summed E-state index contributed by atoms with van der Waals surface area (Å²) < 4.78 is 23.3. The van der Waals surface area contributed by atoms with Gasteiger partial charge >= 0.3 is 0 Å². The number of rotatable bonds is 4. The first kappa shape index (κ1) is 23.0. The van der Waals surface area contributed by atoms with Crippen LogP contribution in [0.5, 0.6) is 0 Å². The summed E-state index contributed by atoms with van der Waals surface area (Å²) in [5.74, 6) is -0.511. The zero-order chi connectivity index (χ0) is 24.0. The number of anilines is 1. The van der Waals surface area contributed by atoms with E-state index in [1.54, 1.807) is 28.4 Å². The molecule has 1 aliphatic heterocycles. The predicted molar refractivity (Wildman–Crippen MR) is 137 cm³/mol. The Balaban J connectivity index is 1.50. The molecule has 1 aromatic carbocycles. The van der Waals surface area contributed by atoms with Crippen LogP contribution in [-0.4, -0.2) is 38.8 Å². The summed E-state index contributed by atoms with van der Waals surface area (Å²) in [4.78, 5) is 19.8. The first-order valence-corrected chi connectivity index (χ1v) is 11.8. The highest BCUT2D eigenvalue weighted by Gasteiger charge is 2.23. The summed E-state index contributed by atoms with van der Waals surface area (Å²) in [6.07, 6.45) is 5.63. The molecule has 1 unspecified atom stereocenters. The van der Waals surface area contributed by atoms with Crippen LogP contribution in [0.4, 0.5) is 10.1 Å². The molecule has 0 N–H and O–H groups in total. The Kier molecular flexibility index (Phi) is 6.14. The van der Waals surface area contributed by atoms with Crippen LogP contribution >= 0.6 is 24.4 Å². The molecule has 5 rings (SSSR count). The smallest absolute Gasteiger partial charge is 0.251 e. The van der Waals surface area contributed by atoms with E-state index in [4.69, 9.17) is 16.3 Å². The third-order valence-corrected chi connectivity index (χ3v) is 6.67. The van der Waals surface area contributed by atoms with Crippen LogP contribution in [0.25, 0.3) is 22.2 Å². The van der Waals surface area contributed by atoms with Gasteiger partial charge in [0.25, 0.3) is 5.56 Å². The number of halogens is 2. The number of aromatic nitrogens is 3. The lowest BCUT2D eigenvalue weighted by Crippen LogP contribution is -2.45. The molecule has 3 aromatic heterocycles. The van der Waals surface area contributed by atoms with Crippen LogP contribution < -0.4 is 10.5 Å². The Morgan fingerprint density at radius 1 is 1.21 bits per heavy atom. The highest BCUT2D eigenvalue weighted by Crippen LogP contribution is 2.33. The zero-order valence-electron chi connectivity index (χ0n) is 18.8. The number of benzene rings is 1. The van der Waals surface area contributed by atoms with Crippen molar-refractivity contribution in [1.82, 2.24) is 13.5 Å². The molecule has 4 aromatic rings. The SMILES string of the molecule is CC1CN(c2cnc3c(c2)c(-c2ccn(Cc4cccc(Cl)c4F)c(=O)c2)cn3S)C[C@@H](C)O1. The number of hydrogen-bond donors (Lipinski definition) is 1. The third-order valence-electron chi connectivity index (χ3n) is 6.07. The van der Waals surface area contributed by atoms with E-state index < -0.39 is 5.82 Å². The van der Waals surface area contributed by atoms with Crippen molar-refractivity contribution in [3.63, 3.8) is 0 Å². The summed E-state index contributed by atoms with van der Waals surface area (Å²) in [6.45, 7) is 5.79. The average Bonchev–Trinajstić information content (AvgIpc) is 3.13. The number of fused-ring (bicyclic) bond motifs is 1. The minimum atomic E-state index is -0.511. The molecule has 0 spiro atoms. The summed E-state index contributed by atoms with van der Waals surface area (Å²) in [5.41, 5.74) is 3.43. The molecule has 2 atom stereocenters. The summed E-state index contributed by atoms with van der Waals surface area (Å²) in [5, 5.41) is 0.938. The van der Waals surface area contributed by atoms with Crippen molar-refractivity contribution >= 4 is 41.1 Å². The monoisotopic (exact) mass is 498 g/mol. The highest BCUT2D eigenvalue weighted by molar-refractivity contribution is 7.78. The van der Waals surface area contributed by atoms with Crippen molar-refractivity contribution in [1.29, 1.82) is 0 Å². The van der Waals surface area contributed by atoms with E-state index in [0.29, 0.717) is 11.2 Å². The van der Waals surface area contributed by atoms with Gasteiger partial charge in [-0.15, -0.1) is 0 Å². The summed E-state index contributed by atoms with van der Waals surface area (Å²) >= 11 is 10.4. The van der Waals surface area contributed by atoms with Gasteiger partial charge in [-0.25, -0.2) is 9.37 Å². The van der Waals surface area contributed by atoms with Gasteiger partial charge in [0, 0.05) is 48.1 Å². The maximum atomic E-state index is 14.3. The number of pyridine rings is 2. The topological polar surface area (TPSA) is 52.3 Å². The molecule has 0 radical (unpaired) electrons. The molecule has 0 aliphatic carbocycles. The number of thiol groups is 1. The quantitative estimate of drug-likeness (QED) is 0.402. The van der Waals surface area contributed by atoms with E-state index in [1.165, 1.54) is 10.6 Å². The first-order chi connectivity index (χ1) is 16.3. The van der Waals surface area contributed by atoms with Gasteiger partial charge < -0.3 is 14.2 Å². The summed E-state index contributed by atoms with van der Waals surface area (Å²) in [7, 11) is 0. The fourth-order valence-electron chi connectivity index (χ4n) is 4.53. The van der Waals surface area contributed by atoms with Crippen LogP contribution in [0.2, 0.25) is 5.02 Å². The second-order valence-corrected chi connectivity index (χ2v) is 9.55. The Labute approximate surface area is 207 Å². The second-order valence-electron chi connectivity index (χ2n) is 8.71. The first-order valence-electron chi connectivity index (χ1n) is 11.0. The predicted octanol–water partition coefficient (Wildman–Crippen LogP) is 5.01. The minimum Gasteiger partial charge on any atom is -0.372 e. The van der Waals surface area contributed by atoms with Crippen LogP contribution in [0.3, 0.4) is 0 Å². The molecule has 6 nitrogen and oxygen atoms in total. The highest BCUT2D eigenvalue weighted by atomic mass is 35.5. The van der Waals surface area contributed by atoms with Crippen LogP contribution in [-0.2, 0) is 11.3 Å².